The molecule has 10 aromatic carbocycles. The van der Waals surface area contributed by atoms with Gasteiger partial charge in [-0.3, -0.25) is 0 Å². The molecule has 2 nitrogen and oxygen atoms in total. The summed E-state index contributed by atoms with van der Waals surface area (Å²) in [6.07, 6.45) is 0. The molecule has 0 saturated heterocycles. The van der Waals surface area contributed by atoms with Crippen molar-refractivity contribution in [3.63, 3.8) is 0 Å². The van der Waals surface area contributed by atoms with Crippen LogP contribution in [0.15, 0.2) is 206 Å². The lowest BCUT2D eigenvalue weighted by atomic mass is 9.88. The summed E-state index contributed by atoms with van der Waals surface area (Å²) in [7, 11) is 0. The quantitative estimate of drug-likeness (QED) is 0.142. The van der Waals surface area contributed by atoms with E-state index in [1.165, 1.54) is 118 Å². The number of rotatable bonds is 9. The molecule has 0 saturated carbocycles. The van der Waals surface area contributed by atoms with Crippen molar-refractivity contribution in [3.8, 4) is 33.4 Å². The highest BCUT2D eigenvalue weighted by molar-refractivity contribution is 7.26. The zero-order valence-electron chi connectivity index (χ0n) is 40.3. The summed E-state index contributed by atoms with van der Waals surface area (Å²) in [6.45, 7) is 13.5. The summed E-state index contributed by atoms with van der Waals surface area (Å²) in [4.78, 5) is 4.85. The third-order valence-electron chi connectivity index (χ3n) is 14.2. The van der Waals surface area contributed by atoms with E-state index in [0.717, 1.165) is 22.7 Å². The van der Waals surface area contributed by atoms with Gasteiger partial charge in [0.05, 0.1) is 0 Å². The first-order chi connectivity index (χ1) is 34.2. The minimum atomic E-state index is 1.13. The van der Waals surface area contributed by atoms with Gasteiger partial charge < -0.3 is 9.80 Å². The van der Waals surface area contributed by atoms with Gasteiger partial charge in [0.1, 0.15) is 0 Å². The lowest BCUT2D eigenvalue weighted by molar-refractivity contribution is 1.22. The molecule has 338 valence electrons. The van der Waals surface area contributed by atoms with Crippen molar-refractivity contribution in [2.24, 2.45) is 0 Å². The van der Waals surface area contributed by atoms with E-state index in [1.54, 1.807) is 0 Å². The third-order valence-corrected chi connectivity index (χ3v) is 16.5. The summed E-state index contributed by atoms with van der Waals surface area (Å²) >= 11 is 3.73. The molecule has 4 heteroatoms. The van der Waals surface area contributed by atoms with E-state index < -0.39 is 0 Å². The second-order valence-electron chi connectivity index (χ2n) is 18.9. The van der Waals surface area contributed by atoms with Gasteiger partial charge in [0.25, 0.3) is 0 Å². The maximum atomic E-state index is 2.43. The van der Waals surface area contributed by atoms with Crippen LogP contribution in [0.3, 0.4) is 0 Å². The molecule has 0 aliphatic carbocycles. The van der Waals surface area contributed by atoms with Crippen LogP contribution < -0.4 is 9.80 Å². The molecule has 0 spiro atoms. The number of para-hydroxylation sites is 2. The van der Waals surface area contributed by atoms with Gasteiger partial charge in [-0.1, -0.05) is 109 Å². The first-order valence-electron chi connectivity index (χ1n) is 24.1. The van der Waals surface area contributed by atoms with Crippen molar-refractivity contribution in [2.45, 2.75) is 41.5 Å². The Kier molecular flexibility index (Phi) is 11.0. The second-order valence-corrected chi connectivity index (χ2v) is 21.0. The number of hydrogen-bond donors (Lipinski definition) is 0. The average Bonchev–Trinajstić information content (AvgIpc) is 3.94. The summed E-state index contributed by atoms with van der Waals surface area (Å²) in [5.41, 5.74) is 21.8. The summed E-state index contributed by atoms with van der Waals surface area (Å²) < 4.78 is 5.31. The fourth-order valence-electron chi connectivity index (χ4n) is 10.8. The second kappa shape index (κ2) is 17.6. The van der Waals surface area contributed by atoms with Crippen LogP contribution in [0.1, 0.15) is 33.4 Å². The summed E-state index contributed by atoms with van der Waals surface area (Å²) in [5.74, 6) is 0. The van der Waals surface area contributed by atoms with E-state index >= 15 is 0 Å². The van der Waals surface area contributed by atoms with E-state index in [0.29, 0.717) is 0 Å². The highest BCUT2D eigenvalue weighted by Gasteiger charge is 2.22. The predicted octanol–water partition coefficient (Wildman–Crippen LogP) is 20.2. The molecule has 0 aliphatic heterocycles. The Morgan fingerprint density at radius 2 is 0.586 bits per heavy atom. The minimum absolute atomic E-state index is 1.13. The molecular weight excluding hydrogens is 885 g/mol. The Bertz CT molecular complexity index is 3660. The largest absolute Gasteiger partial charge is 0.310 e. The van der Waals surface area contributed by atoms with Crippen LogP contribution in [0.2, 0.25) is 0 Å². The standard InChI is InChI=1S/C66H52N2S2/c1-41-15-7-11-19-59(41)67(51-29-23-47(24-30-51)49-27-33-63-57(39-49)55-17-9-13-21-61(55)69-63)53-35-43(3)65(44(4)36-53)66-45(5)37-54(38-46(66)6)68(60-20-12-8-16-42(60)2)52-31-25-48(26-32-52)50-28-34-64-58(40-50)56-18-10-14-22-62(56)70-64/h7-40H,1-6H3. The van der Waals surface area contributed by atoms with Crippen LogP contribution in [-0.4, -0.2) is 0 Å². The molecule has 0 N–H and O–H groups in total. The summed E-state index contributed by atoms with van der Waals surface area (Å²) in [6, 6.07) is 76.5. The number of nitrogens with zero attached hydrogens (tertiary/aromatic N) is 2. The fraction of sp³-hybridized carbons (Fsp3) is 0.0909. The normalized spacial score (nSPS) is 11.6. The van der Waals surface area contributed by atoms with Gasteiger partial charge in [-0.2, -0.15) is 0 Å². The van der Waals surface area contributed by atoms with E-state index in [-0.39, 0.29) is 0 Å². The maximum Gasteiger partial charge on any atom is 0.0490 e. The molecule has 0 bridgehead atoms. The number of anilines is 6. The average molecular weight is 937 g/mol. The van der Waals surface area contributed by atoms with Crippen molar-refractivity contribution >= 4 is 97.1 Å². The van der Waals surface area contributed by atoms with Gasteiger partial charge >= 0.3 is 0 Å². The molecule has 0 fully saturated rings. The zero-order valence-corrected chi connectivity index (χ0v) is 42.0. The van der Waals surface area contributed by atoms with Crippen LogP contribution in [-0.2, 0) is 0 Å². The van der Waals surface area contributed by atoms with Gasteiger partial charge in [-0.15, -0.1) is 22.7 Å². The van der Waals surface area contributed by atoms with Crippen molar-refractivity contribution < 1.29 is 0 Å². The number of fused-ring (bicyclic) bond motifs is 6. The molecular formula is C66H52N2S2. The van der Waals surface area contributed by atoms with Gasteiger partial charge in [0, 0.05) is 74.5 Å². The Balaban J connectivity index is 0.893. The molecule has 2 aromatic heterocycles. The van der Waals surface area contributed by atoms with Gasteiger partial charge in [-0.25, -0.2) is 0 Å². The lowest BCUT2D eigenvalue weighted by Crippen LogP contribution is -2.13. The monoisotopic (exact) mass is 936 g/mol. The van der Waals surface area contributed by atoms with E-state index in [2.05, 4.69) is 258 Å². The van der Waals surface area contributed by atoms with Crippen LogP contribution in [0, 0.1) is 41.5 Å². The number of aryl methyl sites for hydroxylation is 6. The fourth-order valence-corrected chi connectivity index (χ4v) is 13.0. The molecule has 12 aromatic rings. The number of thiophene rings is 2. The molecule has 0 atom stereocenters. The third kappa shape index (κ3) is 7.65. The molecule has 2 heterocycles. The van der Waals surface area contributed by atoms with Crippen molar-refractivity contribution in [1.82, 2.24) is 0 Å². The van der Waals surface area contributed by atoms with Crippen molar-refractivity contribution in [2.75, 3.05) is 9.80 Å². The van der Waals surface area contributed by atoms with Crippen LogP contribution in [0.25, 0.3) is 73.7 Å². The van der Waals surface area contributed by atoms with E-state index in [4.69, 9.17) is 0 Å². The predicted molar refractivity (Wildman–Crippen MR) is 306 cm³/mol. The lowest BCUT2D eigenvalue weighted by Gasteiger charge is -2.30. The molecule has 0 unspecified atom stereocenters. The van der Waals surface area contributed by atoms with E-state index in [1.807, 2.05) is 22.7 Å². The highest BCUT2D eigenvalue weighted by atomic mass is 32.1. The molecule has 0 amide bonds. The molecule has 0 radical (unpaired) electrons. The Labute approximate surface area is 419 Å². The van der Waals surface area contributed by atoms with Crippen LogP contribution in [0.5, 0.6) is 0 Å². The van der Waals surface area contributed by atoms with E-state index in [9.17, 15) is 0 Å². The maximum absolute atomic E-state index is 2.43. The number of benzene rings is 10. The van der Waals surface area contributed by atoms with Crippen molar-refractivity contribution in [3.05, 3.63) is 240 Å². The molecule has 70 heavy (non-hydrogen) atoms. The topological polar surface area (TPSA) is 6.48 Å². The van der Waals surface area contributed by atoms with Gasteiger partial charge in [0.2, 0.25) is 0 Å². The van der Waals surface area contributed by atoms with Crippen LogP contribution in [0.4, 0.5) is 34.1 Å². The molecule has 0 aliphatic rings. The zero-order chi connectivity index (χ0) is 47.6. The SMILES string of the molecule is Cc1ccccc1N(c1ccc(-c2ccc3sc4ccccc4c3c2)cc1)c1cc(C)c(-c2c(C)cc(N(c3ccc(-c4ccc5sc6ccccc6c5c4)cc3)c3ccccc3C)cc2C)c(C)c1. The first kappa shape index (κ1) is 43.5. The molecule has 12 rings (SSSR count). The smallest absolute Gasteiger partial charge is 0.0490 e. The highest BCUT2D eigenvalue weighted by Crippen LogP contribution is 2.46. The van der Waals surface area contributed by atoms with Gasteiger partial charge in [-0.05, 0) is 205 Å². The minimum Gasteiger partial charge on any atom is -0.310 e. The first-order valence-corrected chi connectivity index (χ1v) is 25.8. The Morgan fingerprint density at radius 3 is 0.971 bits per heavy atom. The summed E-state index contributed by atoms with van der Waals surface area (Å²) in [5, 5.41) is 5.29. The van der Waals surface area contributed by atoms with Crippen molar-refractivity contribution in [1.29, 1.82) is 0 Å². The Hall–Kier alpha value is -7.76. The van der Waals surface area contributed by atoms with Crippen LogP contribution >= 0.6 is 22.7 Å². The van der Waals surface area contributed by atoms with Gasteiger partial charge in [0.15, 0.2) is 0 Å². The number of hydrogen-bond acceptors (Lipinski definition) is 4. The Morgan fingerprint density at radius 1 is 0.257 bits per heavy atom.